The highest BCUT2D eigenvalue weighted by molar-refractivity contribution is 6.31. The van der Waals surface area contributed by atoms with E-state index in [-0.39, 0.29) is 5.97 Å². The lowest BCUT2D eigenvalue weighted by molar-refractivity contribution is 0.0600. The zero-order valence-electron chi connectivity index (χ0n) is 18.8. The number of fused-ring (bicyclic) bond motifs is 1. The number of hydrogen-bond acceptors (Lipinski definition) is 6. The molecular weight excluding hydrogens is 452 g/mol. The number of aromatic amines is 1. The van der Waals surface area contributed by atoms with Crippen LogP contribution in [-0.4, -0.2) is 47.7 Å². The molecule has 2 aromatic carbocycles. The molecule has 5 rings (SSSR count). The highest BCUT2D eigenvalue weighted by atomic mass is 35.5. The van der Waals surface area contributed by atoms with E-state index in [0.717, 1.165) is 54.2 Å². The van der Waals surface area contributed by atoms with Gasteiger partial charge in [-0.2, -0.15) is 0 Å². The Hall–Kier alpha value is -3.58. The molecule has 8 heteroatoms. The van der Waals surface area contributed by atoms with E-state index in [4.69, 9.17) is 21.1 Å². The number of halogens is 1. The molecule has 1 aliphatic heterocycles. The van der Waals surface area contributed by atoms with Gasteiger partial charge < -0.3 is 19.4 Å². The molecule has 0 spiro atoms. The number of anilines is 1. The van der Waals surface area contributed by atoms with Crippen molar-refractivity contribution in [2.24, 2.45) is 5.92 Å². The minimum Gasteiger partial charge on any atom is -0.493 e. The summed E-state index contributed by atoms with van der Waals surface area (Å²) >= 11 is 6.07. The van der Waals surface area contributed by atoms with E-state index in [0.29, 0.717) is 28.9 Å². The first kappa shape index (κ1) is 22.2. The molecule has 4 aromatic rings. The van der Waals surface area contributed by atoms with Crippen LogP contribution in [0.5, 0.6) is 5.75 Å². The highest BCUT2D eigenvalue weighted by Gasteiger charge is 2.21. The van der Waals surface area contributed by atoms with E-state index in [1.54, 1.807) is 18.2 Å². The zero-order chi connectivity index (χ0) is 23.5. The van der Waals surface area contributed by atoms with Crippen molar-refractivity contribution in [3.63, 3.8) is 0 Å². The Morgan fingerprint density at radius 3 is 2.76 bits per heavy atom. The number of benzene rings is 2. The normalized spacial score (nSPS) is 14.4. The van der Waals surface area contributed by atoms with Gasteiger partial charge in [0.15, 0.2) is 0 Å². The third-order valence-electron chi connectivity index (χ3n) is 6.15. The Kier molecular flexibility index (Phi) is 6.36. The van der Waals surface area contributed by atoms with Crippen molar-refractivity contribution >= 4 is 34.4 Å². The Bertz CT molecular complexity index is 1300. The summed E-state index contributed by atoms with van der Waals surface area (Å²) in [5, 5.41) is 0.669. The van der Waals surface area contributed by atoms with Crippen LogP contribution in [0.1, 0.15) is 23.2 Å². The van der Waals surface area contributed by atoms with Gasteiger partial charge in [-0.05, 0) is 67.3 Å². The largest absolute Gasteiger partial charge is 0.493 e. The first-order valence-electron chi connectivity index (χ1n) is 11.3. The van der Waals surface area contributed by atoms with E-state index < -0.39 is 0 Å². The van der Waals surface area contributed by atoms with Gasteiger partial charge in [-0.3, -0.25) is 0 Å². The average molecular weight is 477 g/mol. The third kappa shape index (κ3) is 4.84. The first-order chi connectivity index (χ1) is 16.6. The van der Waals surface area contributed by atoms with Crippen LogP contribution in [0.2, 0.25) is 5.02 Å². The summed E-state index contributed by atoms with van der Waals surface area (Å²) in [5.41, 5.74) is 3.22. The van der Waals surface area contributed by atoms with E-state index in [9.17, 15) is 4.79 Å². The number of nitrogens with one attached hydrogen (secondary N) is 1. The predicted molar refractivity (Wildman–Crippen MR) is 133 cm³/mol. The van der Waals surface area contributed by atoms with Crippen molar-refractivity contribution in [3.05, 3.63) is 71.4 Å². The van der Waals surface area contributed by atoms with Gasteiger partial charge in [0.2, 0.25) is 0 Å². The van der Waals surface area contributed by atoms with Crippen molar-refractivity contribution in [1.29, 1.82) is 0 Å². The van der Waals surface area contributed by atoms with Crippen molar-refractivity contribution in [1.82, 2.24) is 15.0 Å². The number of hydrogen-bond donors (Lipinski definition) is 1. The van der Waals surface area contributed by atoms with Crippen molar-refractivity contribution < 1.29 is 14.3 Å². The molecule has 2 aromatic heterocycles. The summed E-state index contributed by atoms with van der Waals surface area (Å²) in [4.78, 5) is 26.6. The lowest BCUT2D eigenvalue weighted by Crippen LogP contribution is -2.36. The molecule has 1 aliphatic rings. The molecule has 0 aliphatic carbocycles. The Morgan fingerprint density at radius 2 is 2.00 bits per heavy atom. The SMILES string of the molecule is COC(=O)c1cccc(OCC2CCN(c3ccc(-c4nc5cc(Cl)ccc5[nH]4)cn3)CC2)c1. The Labute approximate surface area is 202 Å². The maximum absolute atomic E-state index is 11.7. The number of ether oxygens (including phenoxy) is 2. The summed E-state index contributed by atoms with van der Waals surface area (Å²) in [6, 6.07) is 16.8. The summed E-state index contributed by atoms with van der Waals surface area (Å²) in [6.45, 7) is 2.47. The van der Waals surface area contributed by atoms with Crippen LogP contribution in [0.25, 0.3) is 22.4 Å². The second kappa shape index (κ2) is 9.73. The molecule has 0 bridgehead atoms. The summed E-state index contributed by atoms with van der Waals surface area (Å²) < 4.78 is 10.7. The Balaban J connectivity index is 1.16. The lowest BCUT2D eigenvalue weighted by Gasteiger charge is -2.32. The van der Waals surface area contributed by atoms with Gasteiger partial charge in [-0.25, -0.2) is 14.8 Å². The molecule has 0 radical (unpaired) electrons. The third-order valence-corrected chi connectivity index (χ3v) is 6.38. The molecule has 1 fully saturated rings. The van der Waals surface area contributed by atoms with Gasteiger partial charge >= 0.3 is 5.97 Å². The molecule has 3 heterocycles. The number of nitrogens with zero attached hydrogens (tertiary/aromatic N) is 3. The van der Waals surface area contributed by atoms with Gasteiger partial charge in [0, 0.05) is 29.9 Å². The molecule has 0 unspecified atom stereocenters. The number of imidazole rings is 1. The first-order valence-corrected chi connectivity index (χ1v) is 11.6. The molecular formula is C26H25ClN4O3. The zero-order valence-corrected chi connectivity index (χ0v) is 19.6. The maximum Gasteiger partial charge on any atom is 0.337 e. The lowest BCUT2D eigenvalue weighted by atomic mass is 9.98. The number of carbonyl (C=O) groups is 1. The van der Waals surface area contributed by atoms with Crippen molar-refractivity contribution in [3.8, 4) is 17.1 Å². The minimum atomic E-state index is -0.359. The van der Waals surface area contributed by atoms with Gasteiger partial charge in [-0.15, -0.1) is 0 Å². The molecule has 34 heavy (non-hydrogen) atoms. The number of esters is 1. The van der Waals surface area contributed by atoms with E-state index >= 15 is 0 Å². The monoisotopic (exact) mass is 476 g/mol. The van der Waals surface area contributed by atoms with Crippen LogP contribution in [0.15, 0.2) is 60.8 Å². The summed E-state index contributed by atoms with van der Waals surface area (Å²) in [6.07, 6.45) is 3.90. The summed E-state index contributed by atoms with van der Waals surface area (Å²) in [5.74, 6) is 2.54. The molecule has 174 valence electrons. The van der Waals surface area contributed by atoms with E-state index in [1.807, 2.05) is 42.6 Å². The van der Waals surface area contributed by atoms with Crippen molar-refractivity contribution in [2.45, 2.75) is 12.8 Å². The van der Waals surface area contributed by atoms with Gasteiger partial charge in [0.25, 0.3) is 0 Å². The molecule has 1 N–H and O–H groups in total. The fourth-order valence-electron chi connectivity index (χ4n) is 4.20. The Morgan fingerprint density at radius 1 is 1.15 bits per heavy atom. The van der Waals surface area contributed by atoms with Crippen LogP contribution in [0.4, 0.5) is 5.82 Å². The minimum absolute atomic E-state index is 0.359. The second-order valence-corrected chi connectivity index (χ2v) is 8.85. The fourth-order valence-corrected chi connectivity index (χ4v) is 4.37. The van der Waals surface area contributed by atoms with Gasteiger partial charge in [0.05, 0.1) is 30.3 Å². The molecule has 1 saturated heterocycles. The van der Waals surface area contributed by atoms with Gasteiger partial charge in [0.1, 0.15) is 17.4 Å². The molecule has 0 amide bonds. The second-order valence-electron chi connectivity index (χ2n) is 8.41. The molecule has 0 atom stereocenters. The van der Waals surface area contributed by atoms with E-state index in [2.05, 4.69) is 19.9 Å². The van der Waals surface area contributed by atoms with Crippen LogP contribution >= 0.6 is 11.6 Å². The predicted octanol–water partition coefficient (Wildman–Crippen LogP) is 5.36. The van der Waals surface area contributed by atoms with Crippen molar-refractivity contribution in [2.75, 3.05) is 31.7 Å². The van der Waals surface area contributed by atoms with Crippen LogP contribution in [0, 0.1) is 5.92 Å². The van der Waals surface area contributed by atoms with Gasteiger partial charge in [-0.1, -0.05) is 17.7 Å². The van der Waals surface area contributed by atoms with E-state index in [1.165, 1.54) is 7.11 Å². The highest BCUT2D eigenvalue weighted by Crippen LogP contribution is 2.26. The number of methoxy groups -OCH3 is 1. The smallest absolute Gasteiger partial charge is 0.337 e. The fraction of sp³-hybridized carbons (Fsp3) is 0.269. The average Bonchev–Trinajstić information content (AvgIpc) is 3.31. The summed E-state index contributed by atoms with van der Waals surface area (Å²) in [7, 11) is 1.38. The van der Waals surface area contributed by atoms with Crippen LogP contribution in [-0.2, 0) is 4.74 Å². The number of pyridine rings is 1. The number of piperidine rings is 1. The van der Waals surface area contributed by atoms with Crippen LogP contribution < -0.4 is 9.64 Å². The molecule has 7 nitrogen and oxygen atoms in total. The number of carbonyl (C=O) groups excluding carboxylic acids is 1. The maximum atomic E-state index is 11.7. The topological polar surface area (TPSA) is 80.3 Å². The standard InChI is InChI=1S/C26H25ClN4O3/c1-33-26(32)18-3-2-4-21(13-18)34-16-17-9-11-31(12-10-17)24-8-5-19(15-28-24)25-29-22-7-6-20(27)14-23(22)30-25/h2-8,13-15,17H,9-12,16H2,1H3,(H,29,30). The number of rotatable bonds is 6. The molecule has 0 saturated carbocycles. The number of H-pyrrole nitrogens is 1. The quantitative estimate of drug-likeness (QED) is 0.377. The number of aromatic nitrogens is 3. The van der Waals surface area contributed by atoms with Crippen LogP contribution in [0.3, 0.4) is 0 Å².